The zero-order chi connectivity index (χ0) is 12.4. The minimum absolute atomic E-state index is 0.429. The van der Waals surface area contributed by atoms with Gasteiger partial charge in [-0.05, 0) is 13.1 Å². The van der Waals surface area contributed by atoms with Gasteiger partial charge in [-0.25, -0.2) is 4.98 Å². The summed E-state index contributed by atoms with van der Waals surface area (Å²) in [6.45, 7) is 2.50. The molecule has 1 atom stereocenters. The monoisotopic (exact) mass is 243 g/mol. The highest BCUT2D eigenvalue weighted by Gasteiger charge is 2.23. The largest absolute Gasteiger partial charge is 0.493 e. The van der Waals surface area contributed by atoms with Gasteiger partial charge in [0.15, 0.2) is 0 Å². The van der Waals surface area contributed by atoms with E-state index in [2.05, 4.69) is 33.2 Å². The lowest BCUT2D eigenvalue weighted by molar-refractivity contribution is 0.319. The fraction of sp³-hybridized carbons (Fsp3) is 0.357. The summed E-state index contributed by atoms with van der Waals surface area (Å²) in [7, 11) is 1.93. The van der Waals surface area contributed by atoms with Crippen LogP contribution < -0.4 is 10.1 Å². The average molecular weight is 243 g/mol. The van der Waals surface area contributed by atoms with Gasteiger partial charge >= 0.3 is 0 Å². The molecule has 1 aliphatic heterocycles. The fourth-order valence-corrected chi connectivity index (χ4v) is 2.41. The Morgan fingerprint density at radius 1 is 1.44 bits per heavy atom. The molecule has 0 aliphatic carbocycles. The first-order valence-corrected chi connectivity index (χ1v) is 6.24. The summed E-state index contributed by atoms with van der Waals surface area (Å²) in [5, 5.41) is 3.11. The van der Waals surface area contributed by atoms with Crippen LogP contribution in [0.1, 0.15) is 17.2 Å². The van der Waals surface area contributed by atoms with Gasteiger partial charge < -0.3 is 14.6 Å². The molecule has 1 unspecified atom stereocenters. The van der Waals surface area contributed by atoms with Gasteiger partial charge in [-0.1, -0.05) is 18.2 Å². The summed E-state index contributed by atoms with van der Waals surface area (Å²) in [6, 6.07) is 8.28. The normalized spacial score (nSPS) is 17.5. The lowest BCUT2D eigenvalue weighted by Crippen LogP contribution is -2.09. The van der Waals surface area contributed by atoms with Crippen LogP contribution in [0.15, 0.2) is 36.8 Å². The van der Waals surface area contributed by atoms with E-state index in [9.17, 15) is 0 Å². The van der Waals surface area contributed by atoms with Gasteiger partial charge in [0, 0.05) is 30.8 Å². The first kappa shape index (κ1) is 11.3. The third kappa shape index (κ3) is 2.11. The number of imidazole rings is 1. The van der Waals surface area contributed by atoms with Crippen LogP contribution in [0.3, 0.4) is 0 Å². The summed E-state index contributed by atoms with van der Waals surface area (Å²) in [6.07, 6.45) is 3.99. The van der Waals surface area contributed by atoms with Crippen LogP contribution in [0.4, 0.5) is 0 Å². The number of para-hydroxylation sites is 1. The number of hydrogen-bond donors (Lipinski definition) is 1. The Morgan fingerprint density at radius 2 is 2.33 bits per heavy atom. The van der Waals surface area contributed by atoms with E-state index >= 15 is 0 Å². The maximum Gasteiger partial charge on any atom is 0.122 e. The standard InChI is InChI=1S/C14H17N3O/c1-15-6-12-8-17(10-16-12)7-11-9-18-14-5-3-2-4-13(11)14/h2-5,8,10-11,15H,6-7,9H2,1H3. The summed E-state index contributed by atoms with van der Waals surface area (Å²) in [4.78, 5) is 4.36. The summed E-state index contributed by atoms with van der Waals surface area (Å²) >= 11 is 0. The van der Waals surface area contributed by atoms with E-state index in [1.165, 1.54) is 5.56 Å². The Morgan fingerprint density at radius 3 is 3.22 bits per heavy atom. The number of fused-ring (bicyclic) bond motifs is 1. The van der Waals surface area contributed by atoms with Gasteiger partial charge in [0.05, 0.1) is 18.6 Å². The molecule has 4 heteroatoms. The Bertz CT molecular complexity index is 535. The summed E-state index contributed by atoms with van der Waals surface area (Å²) in [5.74, 6) is 1.45. The molecule has 0 radical (unpaired) electrons. The molecular weight excluding hydrogens is 226 g/mol. The first-order valence-electron chi connectivity index (χ1n) is 6.24. The van der Waals surface area contributed by atoms with Gasteiger partial charge in [-0.15, -0.1) is 0 Å². The predicted octanol–water partition coefficient (Wildman–Crippen LogP) is 1.78. The quantitative estimate of drug-likeness (QED) is 0.889. The molecular formula is C14H17N3O. The zero-order valence-corrected chi connectivity index (χ0v) is 10.5. The highest BCUT2D eigenvalue weighted by molar-refractivity contribution is 5.39. The molecule has 94 valence electrons. The molecule has 18 heavy (non-hydrogen) atoms. The van der Waals surface area contributed by atoms with Crippen molar-refractivity contribution in [1.29, 1.82) is 0 Å². The second-order valence-corrected chi connectivity index (χ2v) is 4.64. The predicted molar refractivity (Wildman–Crippen MR) is 69.7 cm³/mol. The van der Waals surface area contributed by atoms with E-state index in [0.717, 1.165) is 31.1 Å². The van der Waals surface area contributed by atoms with Crippen LogP contribution in [0.5, 0.6) is 5.75 Å². The maximum absolute atomic E-state index is 5.69. The molecule has 3 rings (SSSR count). The van der Waals surface area contributed by atoms with Gasteiger partial charge in [-0.3, -0.25) is 0 Å². The number of aromatic nitrogens is 2. The van der Waals surface area contributed by atoms with Crippen molar-refractivity contribution < 1.29 is 4.74 Å². The minimum atomic E-state index is 0.429. The van der Waals surface area contributed by atoms with Gasteiger partial charge in [0.25, 0.3) is 0 Å². The fourth-order valence-electron chi connectivity index (χ4n) is 2.41. The molecule has 1 aromatic carbocycles. The Kier molecular flexibility index (Phi) is 3.02. The lowest BCUT2D eigenvalue weighted by atomic mass is 10.0. The average Bonchev–Trinajstić information content (AvgIpc) is 2.99. The van der Waals surface area contributed by atoms with Gasteiger partial charge in [0.1, 0.15) is 5.75 Å². The molecule has 0 fully saturated rings. The lowest BCUT2D eigenvalue weighted by Gasteiger charge is -2.09. The highest BCUT2D eigenvalue weighted by atomic mass is 16.5. The number of rotatable bonds is 4. The van der Waals surface area contributed by atoms with Crippen molar-refractivity contribution in [2.24, 2.45) is 0 Å². The third-order valence-corrected chi connectivity index (χ3v) is 3.27. The molecule has 1 N–H and O–H groups in total. The minimum Gasteiger partial charge on any atom is -0.493 e. The zero-order valence-electron chi connectivity index (χ0n) is 10.5. The molecule has 1 aromatic heterocycles. The molecule has 0 spiro atoms. The van der Waals surface area contributed by atoms with Crippen molar-refractivity contribution in [3.05, 3.63) is 48.0 Å². The van der Waals surface area contributed by atoms with E-state index < -0.39 is 0 Å². The number of nitrogens with one attached hydrogen (secondary N) is 1. The van der Waals surface area contributed by atoms with Crippen LogP contribution in [-0.4, -0.2) is 23.2 Å². The van der Waals surface area contributed by atoms with Crippen molar-refractivity contribution in [2.45, 2.75) is 19.0 Å². The van der Waals surface area contributed by atoms with Crippen molar-refractivity contribution >= 4 is 0 Å². The van der Waals surface area contributed by atoms with Crippen LogP contribution in [-0.2, 0) is 13.1 Å². The smallest absolute Gasteiger partial charge is 0.122 e. The third-order valence-electron chi connectivity index (χ3n) is 3.27. The number of nitrogens with zero attached hydrogens (tertiary/aromatic N) is 2. The van der Waals surface area contributed by atoms with E-state index in [1.807, 2.05) is 25.5 Å². The molecule has 0 saturated carbocycles. The number of hydrogen-bond acceptors (Lipinski definition) is 3. The van der Waals surface area contributed by atoms with Crippen molar-refractivity contribution in [3.63, 3.8) is 0 Å². The van der Waals surface area contributed by atoms with E-state index in [0.29, 0.717) is 5.92 Å². The maximum atomic E-state index is 5.69. The summed E-state index contributed by atoms with van der Waals surface area (Å²) in [5.41, 5.74) is 2.38. The first-order chi connectivity index (χ1) is 8.86. The van der Waals surface area contributed by atoms with Crippen LogP contribution in [0, 0.1) is 0 Å². The Balaban J connectivity index is 1.73. The van der Waals surface area contributed by atoms with Crippen LogP contribution in [0.2, 0.25) is 0 Å². The number of benzene rings is 1. The molecule has 2 heterocycles. The Hall–Kier alpha value is -1.81. The SMILES string of the molecule is CNCc1cn(CC2COc3ccccc32)cn1. The van der Waals surface area contributed by atoms with Crippen molar-refractivity contribution in [1.82, 2.24) is 14.9 Å². The van der Waals surface area contributed by atoms with Crippen molar-refractivity contribution in [3.8, 4) is 5.75 Å². The van der Waals surface area contributed by atoms with E-state index in [1.54, 1.807) is 0 Å². The van der Waals surface area contributed by atoms with E-state index in [-0.39, 0.29) is 0 Å². The van der Waals surface area contributed by atoms with Crippen LogP contribution >= 0.6 is 0 Å². The van der Waals surface area contributed by atoms with Crippen LogP contribution in [0.25, 0.3) is 0 Å². The topological polar surface area (TPSA) is 39.1 Å². The molecule has 0 saturated heterocycles. The van der Waals surface area contributed by atoms with Gasteiger partial charge in [0.2, 0.25) is 0 Å². The molecule has 4 nitrogen and oxygen atoms in total. The van der Waals surface area contributed by atoms with Crippen molar-refractivity contribution in [2.75, 3.05) is 13.7 Å². The second-order valence-electron chi connectivity index (χ2n) is 4.64. The van der Waals surface area contributed by atoms with E-state index in [4.69, 9.17) is 4.74 Å². The highest BCUT2D eigenvalue weighted by Crippen LogP contribution is 2.34. The molecule has 2 aromatic rings. The summed E-state index contributed by atoms with van der Waals surface area (Å²) < 4.78 is 7.83. The second kappa shape index (κ2) is 4.82. The molecule has 0 bridgehead atoms. The number of ether oxygens (including phenoxy) is 1. The van der Waals surface area contributed by atoms with Gasteiger partial charge in [-0.2, -0.15) is 0 Å². The molecule has 0 amide bonds. The molecule has 1 aliphatic rings. The Labute approximate surface area is 107 Å².